The Bertz CT molecular complexity index is 621. The van der Waals surface area contributed by atoms with Crippen molar-refractivity contribution in [1.82, 2.24) is 4.90 Å². The van der Waals surface area contributed by atoms with E-state index in [9.17, 15) is 18.7 Å². The normalized spacial score (nSPS) is 17.1. The van der Waals surface area contributed by atoms with Gasteiger partial charge in [-0.3, -0.25) is 0 Å². The fourth-order valence-corrected chi connectivity index (χ4v) is 2.88. The van der Waals surface area contributed by atoms with Gasteiger partial charge >= 0.3 is 6.09 Å². The molecule has 1 amide bonds. The molecule has 25 heavy (non-hydrogen) atoms. The number of hydrogen-bond donors (Lipinski definition) is 1. The average molecular weight is 376 g/mol. The highest BCUT2D eigenvalue weighted by Crippen LogP contribution is 2.39. The Morgan fingerprint density at radius 3 is 2.32 bits per heavy atom. The smallest absolute Gasteiger partial charge is 0.410 e. The first-order valence-electron chi connectivity index (χ1n) is 8.28. The van der Waals surface area contributed by atoms with E-state index in [0.29, 0.717) is 12.3 Å². The first-order valence-corrected chi connectivity index (χ1v) is 8.65. The molecule has 7 heteroatoms. The number of aliphatic hydroxyl groups excluding tert-OH is 1. The van der Waals surface area contributed by atoms with Crippen LogP contribution in [0.15, 0.2) is 12.1 Å². The van der Waals surface area contributed by atoms with Crippen LogP contribution in [0.2, 0.25) is 5.02 Å². The molecule has 1 aromatic carbocycles. The summed E-state index contributed by atoms with van der Waals surface area (Å²) in [6.07, 6.45) is 0.217. The van der Waals surface area contributed by atoms with Crippen molar-refractivity contribution in [2.75, 3.05) is 7.05 Å². The van der Waals surface area contributed by atoms with Crippen LogP contribution in [0.5, 0.6) is 0 Å². The van der Waals surface area contributed by atoms with Gasteiger partial charge in [0, 0.05) is 12.1 Å². The van der Waals surface area contributed by atoms with Gasteiger partial charge in [0.15, 0.2) is 0 Å². The van der Waals surface area contributed by atoms with Crippen molar-refractivity contribution < 1.29 is 23.4 Å². The van der Waals surface area contributed by atoms with Crippen LogP contribution in [0.1, 0.15) is 51.7 Å². The zero-order chi connectivity index (χ0) is 18.9. The topological polar surface area (TPSA) is 49.8 Å². The predicted octanol–water partition coefficient (Wildman–Crippen LogP) is 4.69. The van der Waals surface area contributed by atoms with Crippen molar-refractivity contribution in [1.29, 1.82) is 0 Å². The predicted molar refractivity (Wildman–Crippen MR) is 91.5 cm³/mol. The molecule has 1 aliphatic rings. The van der Waals surface area contributed by atoms with Gasteiger partial charge in [-0.15, -0.1) is 0 Å². The molecule has 1 fully saturated rings. The molecular formula is C18H24ClF2NO3. The Kier molecular flexibility index (Phi) is 5.94. The van der Waals surface area contributed by atoms with E-state index >= 15 is 0 Å². The summed E-state index contributed by atoms with van der Waals surface area (Å²) in [6.45, 7) is 5.18. The highest BCUT2D eigenvalue weighted by atomic mass is 35.5. The highest BCUT2D eigenvalue weighted by molar-refractivity contribution is 6.30. The lowest BCUT2D eigenvalue weighted by Crippen LogP contribution is -2.44. The molecule has 0 saturated heterocycles. The maximum Gasteiger partial charge on any atom is 0.410 e. The molecule has 2 rings (SSSR count). The summed E-state index contributed by atoms with van der Waals surface area (Å²) in [7, 11) is 1.47. The third-order valence-corrected chi connectivity index (χ3v) is 4.37. The standard InChI is InChI=1S/C18H24ClF2NO3/c1-18(2,3)25-17(24)22(4)14(7-10-5-6-10)16(23)15-12(20)8-11(19)9-13(15)21/h8-10,14,16,23H,5-7H2,1-4H3/t14-,16?/m0/s1. The van der Waals surface area contributed by atoms with Gasteiger partial charge in [-0.1, -0.05) is 24.4 Å². The lowest BCUT2D eigenvalue weighted by molar-refractivity contribution is -0.00265. The van der Waals surface area contributed by atoms with Crippen molar-refractivity contribution in [2.45, 2.75) is 57.8 Å². The molecule has 4 nitrogen and oxygen atoms in total. The van der Waals surface area contributed by atoms with Crippen molar-refractivity contribution in [2.24, 2.45) is 5.92 Å². The number of amides is 1. The van der Waals surface area contributed by atoms with Gasteiger partial charge in [-0.25, -0.2) is 13.6 Å². The van der Waals surface area contributed by atoms with E-state index in [-0.39, 0.29) is 5.02 Å². The number of aliphatic hydroxyl groups is 1. The van der Waals surface area contributed by atoms with E-state index in [0.717, 1.165) is 25.0 Å². The van der Waals surface area contributed by atoms with Gasteiger partial charge < -0.3 is 14.7 Å². The summed E-state index contributed by atoms with van der Waals surface area (Å²) in [5, 5.41) is 10.6. The number of carbonyl (C=O) groups excluding carboxylic acids is 1. The van der Waals surface area contributed by atoms with Crippen molar-refractivity contribution >= 4 is 17.7 Å². The molecular weight excluding hydrogens is 352 g/mol. The van der Waals surface area contributed by atoms with E-state index < -0.39 is 41.0 Å². The summed E-state index contributed by atoms with van der Waals surface area (Å²) in [6, 6.07) is 1.10. The molecule has 1 aromatic rings. The average Bonchev–Trinajstić information content (AvgIpc) is 3.24. The molecule has 0 bridgehead atoms. The zero-order valence-electron chi connectivity index (χ0n) is 14.9. The Morgan fingerprint density at radius 1 is 1.36 bits per heavy atom. The maximum absolute atomic E-state index is 14.2. The van der Waals surface area contributed by atoms with E-state index in [4.69, 9.17) is 16.3 Å². The second-order valence-electron chi connectivity index (χ2n) is 7.57. The van der Waals surface area contributed by atoms with Gasteiger partial charge in [0.05, 0.1) is 11.6 Å². The molecule has 1 aliphatic carbocycles. The summed E-state index contributed by atoms with van der Waals surface area (Å²) in [4.78, 5) is 13.6. The molecule has 140 valence electrons. The summed E-state index contributed by atoms with van der Waals surface area (Å²) < 4.78 is 33.7. The molecule has 0 aliphatic heterocycles. The lowest BCUT2D eigenvalue weighted by atomic mass is 9.96. The largest absolute Gasteiger partial charge is 0.444 e. The molecule has 0 heterocycles. The minimum Gasteiger partial charge on any atom is -0.444 e. The SMILES string of the molecule is CN(C(=O)OC(C)(C)C)[C@@H](CC1CC1)C(O)c1c(F)cc(Cl)cc1F. The van der Waals surface area contributed by atoms with E-state index in [1.54, 1.807) is 20.8 Å². The Balaban J connectivity index is 2.29. The Morgan fingerprint density at radius 2 is 1.88 bits per heavy atom. The number of halogens is 3. The van der Waals surface area contributed by atoms with Gasteiger partial charge in [0.1, 0.15) is 23.3 Å². The number of benzene rings is 1. The minimum atomic E-state index is -1.52. The van der Waals surface area contributed by atoms with Crippen LogP contribution in [-0.2, 0) is 4.74 Å². The first-order chi connectivity index (χ1) is 11.5. The fourth-order valence-electron chi connectivity index (χ4n) is 2.69. The lowest BCUT2D eigenvalue weighted by Gasteiger charge is -2.34. The monoisotopic (exact) mass is 375 g/mol. The molecule has 1 saturated carbocycles. The molecule has 1 N–H and O–H groups in total. The first kappa shape index (κ1) is 19.9. The number of likely N-dealkylation sites (N-methyl/N-ethyl adjacent to an activating group) is 1. The minimum absolute atomic E-state index is 0.0924. The van der Waals surface area contributed by atoms with Crippen LogP contribution >= 0.6 is 11.6 Å². The summed E-state index contributed by atoms with van der Waals surface area (Å²) >= 11 is 5.64. The second-order valence-corrected chi connectivity index (χ2v) is 8.00. The Labute approximate surface area is 151 Å². The van der Waals surface area contributed by atoms with Gasteiger partial charge in [-0.2, -0.15) is 0 Å². The van der Waals surface area contributed by atoms with E-state index in [1.165, 1.54) is 11.9 Å². The number of nitrogens with zero attached hydrogens (tertiary/aromatic N) is 1. The molecule has 2 atom stereocenters. The number of carbonyl (C=O) groups is 1. The second kappa shape index (κ2) is 7.46. The zero-order valence-corrected chi connectivity index (χ0v) is 15.6. The third kappa shape index (κ3) is 5.28. The van der Waals surface area contributed by atoms with Crippen LogP contribution in [0.4, 0.5) is 13.6 Å². The quantitative estimate of drug-likeness (QED) is 0.812. The summed E-state index contributed by atoms with van der Waals surface area (Å²) in [5.41, 5.74) is -1.19. The molecule has 0 spiro atoms. The van der Waals surface area contributed by atoms with Gasteiger partial charge in [0.25, 0.3) is 0 Å². The number of hydrogen-bond acceptors (Lipinski definition) is 3. The van der Waals surface area contributed by atoms with Crippen molar-refractivity contribution in [3.05, 3.63) is 34.4 Å². The number of rotatable bonds is 5. The number of ether oxygens (including phenoxy) is 1. The molecule has 0 aromatic heterocycles. The van der Waals surface area contributed by atoms with Gasteiger partial charge in [-0.05, 0) is 45.2 Å². The van der Waals surface area contributed by atoms with Crippen LogP contribution in [0.3, 0.4) is 0 Å². The van der Waals surface area contributed by atoms with Gasteiger partial charge in [0.2, 0.25) is 0 Å². The van der Waals surface area contributed by atoms with Crippen LogP contribution < -0.4 is 0 Å². The molecule has 1 unspecified atom stereocenters. The molecule has 0 radical (unpaired) electrons. The summed E-state index contributed by atoms with van der Waals surface area (Å²) in [5.74, 6) is -1.55. The maximum atomic E-state index is 14.2. The highest BCUT2D eigenvalue weighted by Gasteiger charge is 2.38. The van der Waals surface area contributed by atoms with E-state index in [2.05, 4.69) is 0 Å². The van der Waals surface area contributed by atoms with Crippen LogP contribution in [0, 0.1) is 17.6 Å². The van der Waals surface area contributed by atoms with Crippen LogP contribution in [-0.4, -0.2) is 34.8 Å². The van der Waals surface area contributed by atoms with E-state index in [1.807, 2.05) is 0 Å². The van der Waals surface area contributed by atoms with Crippen LogP contribution in [0.25, 0.3) is 0 Å². The van der Waals surface area contributed by atoms with Crippen molar-refractivity contribution in [3.8, 4) is 0 Å². The Hall–Kier alpha value is -1.40. The fraction of sp³-hybridized carbons (Fsp3) is 0.611. The van der Waals surface area contributed by atoms with Crippen molar-refractivity contribution in [3.63, 3.8) is 0 Å². The third-order valence-electron chi connectivity index (χ3n) is 4.15.